The first-order chi connectivity index (χ1) is 15.6. The topological polar surface area (TPSA) is 69.6 Å². The van der Waals surface area contributed by atoms with Crippen molar-refractivity contribution >= 4 is 11.9 Å². The molecule has 0 saturated heterocycles. The molecule has 0 fully saturated rings. The molecule has 5 heteroatoms. The third kappa shape index (κ3) is 18.5. The number of hydrogen-bond donors (Lipinski definition) is 2. The van der Waals surface area contributed by atoms with Gasteiger partial charge in [-0.15, -0.1) is 0 Å². The molecule has 190 valence electrons. The predicted molar refractivity (Wildman–Crippen MR) is 136 cm³/mol. The second-order valence-corrected chi connectivity index (χ2v) is 9.36. The summed E-state index contributed by atoms with van der Waals surface area (Å²) in [5.74, 6) is -0.740. The zero-order chi connectivity index (χ0) is 23.9. The summed E-state index contributed by atoms with van der Waals surface area (Å²) in [5, 5.41) is 12.5. The molecular weight excluding hydrogens is 400 g/mol. The van der Waals surface area contributed by atoms with Crippen molar-refractivity contribution in [1.29, 1.82) is 0 Å². The lowest BCUT2D eigenvalue weighted by Crippen LogP contribution is -2.47. The molecule has 0 spiro atoms. The smallest absolute Gasteiger partial charge is 0.303 e. The number of carboxylic acid groups (broad SMARTS) is 1. The van der Waals surface area contributed by atoms with Crippen LogP contribution in [0.1, 0.15) is 136 Å². The van der Waals surface area contributed by atoms with Gasteiger partial charge in [-0.05, 0) is 32.2 Å². The molecular formula is C27H54N2O3. The number of carboxylic acids is 1. The first kappa shape index (κ1) is 30.9. The van der Waals surface area contributed by atoms with Crippen LogP contribution in [0.2, 0.25) is 0 Å². The van der Waals surface area contributed by atoms with Gasteiger partial charge in [0.25, 0.3) is 0 Å². The highest BCUT2D eigenvalue weighted by Crippen LogP contribution is 2.12. The molecule has 0 heterocycles. The molecule has 0 aliphatic carbocycles. The van der Waals surface area contributed by atoms with Gasteiger partial charge < -0.3 is 15.3 Å². The Balaban J connectivity index is 4.15. The molecule has 0 aliphatic heterocycles. The minimum absolute atomic E-state index is 0.0389. The second kappa shape index (κ2) is 23.1. The molecule has 0 saturated carbocycles. The monoisotopic (exact) mass is 454 g/mol. The van der Waals surface area contributed by atoms with E-state index in [1.54, 1.807) is 0 Å². The first-order valence-corrected chi connectivity index (χ1v) is 13.8. The molecule has 0 unspecified atom stereocenters. The standard InChI is InChI=1S/C27H54N2O3/c1-4-7-10-11-12-13-14-15-16-17-18-19-22-28-25(20-21-26(30)31)27(32)29(23-8-5-2)24-9-6-3/h25,28H,4-24H2,1-3H3,(H,30,31)/t25-/m0/s1. The largest absolute Gasteiger partial charge is 0.481 e. The van der Waals surface area contributed by atoms with E-state index in [0.29, 0.717) is 6.42 Å². The minimum atomic E-state index is -0.830. The number of carbonyl (C=O) groups excluding carboxylic acids is 1. The number of amides is 1. The summed E-state index contributed by atoms with van der Waals surface area (Å²) >= 11 is 0. The molecule has 1 atom stereocenters. The Bertz CT molecular complexity index is 435. The Kier molecular flexibility index (Phi) is 22.3. The molecule has 0 aliphatic rings. The van der Waals surface area contributed by atoms with Gasteiger partial charge in [-0.1, -0.05) is 104 Å². The van der Waals surface area contributed by atoms with E-state index in [1.165, 1.54) is 70.6 Å². The van der Waals surface area contributed by atoms with Gasteiger partial charge in [0.2, 0.25) is 5.91 Å². The number of carbonyl (C=O) groups is 2. The van der Waals surface area contributed by atoms with Crippen LogP contribution in [0.25, 0.3) is 0 Å². The third-order valence-electron chi connectivity index (χ3n) is 6.24. The fourth-order valence-electron chi connectivity index (χ4n) is 4.07. The van der Waals surface area contributed by atoms with E-state index in [-0.39, 0.29) is 18.4 Å². The minimum Gasteiger partial charge on any atom is -0.481 e. The lowest BCUT2D eigenvalue weighted by Gasteiger charge is -2.28. The van der Waals surface area contributed by atoms with Crippen LogP contribution >= 0.6 is 0 Å². The van der Waals surface area contributed by atoms with E-state index >= 15 is 0 Å². The normalized spacial score (nSPS) is 12.1. The van der Waals surface area contributed by atoms with Crippen LogP contribution in [0.15, 0.2) is 0 Å². The summed E-state index contributed by atoms with van der Waals surface area (Å²) in [6, 6.07) is -0.368. The lowest BCUT2D eigenvalue weighted by atomic mass is 10.0. The van der Waals surface area contributed by atoms with Crippen LogP contribution in [0.4, 0.5) is 0 Å². The second-order valence-electron chi connectivity index (χ2n) is 9.36. The number of unbranched alkanes of at least 4 members (excludes halogenated alkanes) is 13. The van der Waals surface area contributed by atoms with Crippen molar-refractivity contribution in [3.8, 4) is 0 Å². The van der Waals surface area contributed by atoms with E-state index in [9.17, 15) is 9.59 Å². The summed E-state index contributed by atoms with van der Waals surface area (Å²) in [6.45, 7) is 8.88. The highest BCUT2D eigenvalue weighted by molar-refractivity contribution is 5.82. The molecule has 0 aromatic rings. The van der Waals surface area contributed by atoms with Gasteiger partial charge in [0, 0.05) is 19.5 Å². The zero-order valence-electron chi connectivity index (χ0n) is 21.6. The maximum atomic E-state index is 13.1. The number of nitrogens with one attached hydrogen (secondary N) is 1. The first-order valence-electron chi connectivity index (χ1n) is 13.8. The number of hydrogen-bond acceptors (Lipinski definition) is 3. The summed E-state index contributed by atoms with van der Waals surface area (Å²) in [5.41, 5.74) is 0. The van der Waals surface area contributed by atoms with E-state index in [0.717, 1.165) is 51.7 Å². The van der Waals surface area contributed by atoms with Crippen LogP contribution in [0.3, 0.4) is 0 Å². The van der Waals surface area contributed by atoms with Gasteiger partial charge in [-0.2, -0.15) is 0 Å². The number of rotatable bonds is 24. The summed E-state index contributed by atoms with van der Waals surface area (Å²) < 4.78 is 0. The Morgan fingerprint density at radius 3 is 1.56 bits per heavy atom. The quantitative estimate of drug-likeness (QED) is 0.155. The molecule has 0 aromatic carbocycles. The Morgan fingerprint density at radius 2 is 1.12 bits per heavy atom. The maximum Gasteiger partial charge on any atom is 0.303 e. The molecule has 0 aromatic heterocycles. The number of nitrogens with zero attached hydrogens (tertiary/aromatic N) is 1. The molecule has 1 amide bonds. The van der Waals surface area contributed by atoms with Crippen molar-refractivity contribution in [1.82, 2.24) is 10.2 Å². The predicted octanol–water partition coefficient (Wildman–Crippen LogP) is 6.94. The lowest BCUT2D eigenvalue weighted by molar-refractivity contribution is -0.138. The Hall–Kier alpha value is -1.10. The van der Waals surface area contributed by atoms with Crippen molar-refractivity contribution in [3.63, 3.8) is 0 Å². The average molecular weight is 455 g/mol. The molecule has 2 N–H and O–H groups in total. The maximum absolute atomic E-state index is 13.1. The Labute approximate surface area is 199 Å². The third-order valence-corrected chi connectivity index (χ3v) is 6.24. The van der Waals surface area contributed by atoms with Crippen LogP contribution in [-0.2, 0) is 9.59 Å². The van der Waals surface area contributed by atoms with Gasteiger partial charge in [-0.3, -0.25) is 9.59 Å². The van der Waals surface area contributed by atoms with Gasteiger partial charge in [0.05, 0.1) is 6.04 Å². The van der Waals surface area contributed by atoms with Crippen molar-refractivity contribution in [2.45, 2.75) is 142 Å². The van der Waals surface area contributed by atoms with Crippen molar-refractivity contribution in [2.24, 2.45) is 0 Å². The van der Waals surface area contributed by atoms with Crippen LogP contribution in [-0.4, -0.2) is 47.6 Å². The van der Waals surface area contributed by atoms with Crippen LogP contribution in [0.5, 0.6) is 0 Å². The molecule has 0 bridgehead atoms. The summed E-state index contributed by atoms with van der Waals surface area (Å²) in [6.07, 6.45) is 20.3. The van der Waals surface area contributed by atoms with E-state index in [2.05, 4.69) is 26.1 Å². The fraction of sp³-hybridized carbons (Fsp3) is 0.926. The fourth-order valence-corrected chi connectivity index (χ4v) is 4.07. The molecule has 5 nitrogen and oxygen atoms in total. The van der Waals surface area contributed by atoms with E-state index < -0.39 is 5.97 Å². The highest BCUT2D eigenvalue weighted by atomic mass is 16.4. The average Bonchev–Trinajstić information content (AvgIpc) is 2.78. The molecule has 0 radical (unpaired) electrons. The number of aliphatic carboxylic acids is 1. The van der Waals surface area contributed by atoms with Gasteiger partial charge in [-0.25, -0.2) is 0 Å². The van der Waals surface area contributed by atoms with Gasteiger partial charge in [0.1, 0.15) is 0 Å². The van der Waals surface area contributed by atoms with Crippen LogP contribution < -0.4 is 5.32 Å². The molecule has 32 heavy (non-hydrogen) atoms. The molecule has 0 rings (SSSR count). The van der Waals surface area contributed by atoms with Gasteiger partial charge >= 0.3 is 5.97 Å². The van der Waals surface area contributed by atoms with Gasteiger partial charge in [0.15, 0.2) is 0 Å². The van der Waals surface area contributed by atoms with Crippen LogP contribution in [0, 0.1) is 0 Å². The summed E-state index contributed by atoms with van der Waals surface area (Å²) in [4.78, 5) is 26.1. The summed E-state index contributed by atoms with van der Waals surface area (Å²) in [7, 11) is 0. The van der Waals surface area contributed by atoms with Crippen molar-refractivity contribution < 1.29 is 14.7 Å². The highest BCUT2D eigenvalue weighted by Gasteiger charge is 2.24. The Morgan fingerprint density at radius 1 is 0.688 bits per heavy atom. The van der Waals surface area contributed by atoms with E-state index in [4.69, 9.17) is 5.11 Å². The SMILES string of the molecule is CCCCCCCCCCCCCCN[C@@H](CCC(=O)O)C(=O)N(CCCC)CCCC. The van der Waals surface area contributed by atoms with Crippen molar-refractivity contribution in [2.75, 3.05) is 19.6 Å². The van der Waals surface area contributed by atoms with E-state index in [1.807, 2.05) is 4.90 Å². The zero-order valence-corrected chi connectivity index (χ0v) is 21.6. The van der Waals surface area contributed by atoms with Crippen molar-refractivity contribution in [3.05, 3.63) is 0 Å².